The molecule has 0 amide bonds. The molecule has 2 aromatic rings. The zero-order chi connectivity index (χ0) is 17.7. The Bertz CT molecular complexity index is 732. The first-order valence-corrected chi connectivity index (χ1v) is 8.18. The van der Waals surface area contributed by atoms with Gasteiger partial charge in [0.15, 0.2) is 5.96 Å². The van der Waals surface area contributed by atoms with Gasteiger partial charge in [-0.25, -0.2) is 0 Å². The molecule has 0 saturated carbocycles. The lowest BCUT2D eigenvalue weighted by Gasteiger charge is -2.12. The van der Waals surface area contributed by atoms with E-state index in [0.29, 0.717) is 29.2 Å². The molecule has 25 heavy (non-hydrogen) atoms. The van der Waals surface area contributed by atoms with E-state index < -0.39 is 0 Å². The minimum Gasteiger partial charge on any atom is -0.495 e. The van der Waals surface area contributed by atoms with Crippen molar-refractivity contribution in [2.24, 2.45) is 16.6 Å². The molecule has 0 fully saturated rings. The van der Waals surface area contributed by atoms with Crippen molar-refractivity contribution in [3.05, 3.63) is 40.7 Å². The van der Waals surface area contributed by atoms with Gasteiger partial charge in [-0.15, -0.1) is 24.0 Å². The highest BCUT2D eigenvalue weighted by Gasteiger charge is 2.07. The van der Waals surface area contributed by atoms with Crippen LogP contribution in [0.1, 0.15) is 18.3 Å². The lowest BCUT2D eigenvalue weighted by atomic mass is 10.2. The van der Waals surface area contributed by atoms with Gasteiger partial charge in [-0.3, -0.25) is 9.67 Å². The minimum atomic E-state index is 0. The van der Waals surface area contributed by atoms with Crippen molar-refractivity contribution < 1.29 is 4.74 Å². The Balaban J connectivity index is 0.00000312. The molecule has 0 radical (unpaired) electrons. The molecule has 0 saturated heterocycles. The van der Waals surface area contributed by atoms with Crippen molar-refractivity contribution in [3.63, 3.8) is 0 Å². The van der Waals surface area contributed by atoms with Gasteiger partial charge in [0.1, 0.15) is 5.75 Å². The quantitative estimate of drug-likeness (QED) is 0.376. The predicted octanol–water partition coefficient (Wildman–Crippen LogP) is 3.84. The number of nitrogens with two attached hydrogens (primary N) is 1. The first-order chi connectivity index (χ1) is 11.4. The summed E-state index contributed by atoms with van der Waals surface area (Å²) in [5.74, 6) is 1.30. The SMILES string of the molecule is COc1ccc(NC(N)=NCC(C)Cn2nc(C)cc2C)cc1Cl.I. The van der Waals surface area contributed by atoms with Gasteiger partial charge < -0.3 is 15.8 Å². The normalized spacial score (nSPS) is 12.4. The van der Waals surface area contributed by atoms with Crippen LogP contribution in [0.15, 0.2) is 29.3 Å². The van der Waals surface area contributed by atoms with Gasteiger partial charge in [-0.2, -0.15) is 5.10 Å². The molecule has 8 heteroatoms. The van der Waals surface area contributed by atoms with E-state index in [4.69, 9.17) is 22.1 Å². The van der Waals surface area contributed by atoms with Crippen LogP contribution in [0, 0.1) is 19.8 Å². The van der Waals surface area contributed by atoms with E-state index in [1.807, 2.05) is 17.7 Å². The largest absolute Gasteiger partial charge is 0.495 e. The van der Waals surface area contributed by atoms with Crippen LogP contribution in [0.3, 0.4) is 0 Å². The fourth-order valence-electron chi connectivity index (χ4n) is 2.40. The lowest BCUT2D eigenvalue weighted by Crippen LogP contribution is -2.24. The molecule has 3 N–H and O–H groups in total. The molecule has 6 nitrogen and oxygen atoms in total. The van der Waals surface area contributed by atoms with Crippen LogP contribution >= 0.6 is 35.6 Å². The van der Waals surface area contributed by atoms with Crippen LogP contribution in [0.2, 0.25) is 5.02 Å². The van der Waals surface area contributed by atoms with Crippen LogP contribution in [0.25, 0.3) is 0 Å². The summed E-state index contributed by atoms with van der Waals surface area (Å²) in [6.45, 7) is 7.59. The van der Waals surface area contributed by atoms with Gasteiger partial charge in [0.25, 0.3) is 0 Å². The maximum Gasteiger partial charge on any atom is 0.193 e. The van der Waals surface area contributed by atoms with Crippen molar-refractivity contribution in [2.75, 3.05) is 19.0 Å². The number of ether oxygens (including phenoxy) is 1. The third kappa shape index (κ3) is 6.39. The average Bonchev–Trinajstić information content (AvgIpc) is 2.83. The van der Waals surface area contributed by atoms with E-state index in [2.05, 4.69) is 35.3 Å². The molecular formula is C17H25ClIN5O. The first kappa shape index (κ1) is 21.6. The summed E-state index contributed by atoms with van der Waals surface area (Å²) < 4.78 is 7.12. The number of hydrogen-bond donors (Lipinski definition) is 2. The second-order valence-corrected chi connectivity index (χ2v) is 6.32. The Morgan fingerprint density at radius 3 is 2.68 bits per heavy atom. The van der Waals surface area contributed by atoms with Gasteiger partial charge >= 0.3 is 0 Å². The minimum absolute atomic E-state index is 0. The van der Waals surface area contributed by atoms with E-state index in [1.54, 1.807) is 19.2 Å². The molecular weight excluding hydrogens is 453 g/mol. The number of benzene rings is 1. The van der Waals surface area contributed by atoms with E-state index in [1.165, 1.54) is 0 Å². The predicted molar refractivity (Wildman–Crippen MR) is 114 cm³/mol. The van der Waals surface area contributed by atoms with Gasteiger partial charge in [-0.05, 0) is 44.0 Å². The number of rotatable bonds is 6. The van der Waals surface area contributed by atoms with Gasteiger partial charge in [0.05, 0.1) is 17.8 Å². The van der Waals surface area contributed by atoms with Crippen molar-refractivity contribution in [1.29, 1.82) is 0 Å². The summed E-state index contributed by atoms with van der Waals surface area (Å²) >= 11 is 6.09. The first-order valence-electron chi connectivity index (χ1n) is 7.80. The number of aryl methyl sites for hydroxylation is 2. The Labute approximate surface area is 170 Å². The van der Waals surface area contributed by atoms with Crippen LogP contribution in [0.4, 0.5) is 5.69 Å². The van der Waals surface area contributed by atoms with Gasteiger partial charge in [0.2, 0.25) is 0 Å². The number of aliphatic imine (C=N–C) groups is 1. The molecule has 2 rings (SSSR count). The van der Waals surface area contributed by atoms with Crippen LogP contribution in [0.5, 0.6) is 5.75 Å². The van der Waals surface area contributed by atoms with Crippen molar-refractivity contribution in [1.82, 2.24) is 9.78 Å². The van der Waals surface area contributed by atoms with E-state index in [0.717, 1.165) is 23.6 Å². The number of halogens is 2. The smallest absolute Gasteiger partial charge is 0.193 e. The second-order valence-electron chi connectivity index (χ2n) is 5.91. The number of anilines is 1. The van der Waals surface area contributed by atoms with Gasteiger partial charge in [0, 0.05) is 24.5 Å². The molecule has 1 unspecified atom stereocenters. The Morgan fingerprint density at radius 1 is 1.40 bits per heavy atom. The zero-order valence-electron chi connectivity index (χ0n) is 14.9. The summed E-state index contributed by atoms with van der Waals surface area (Å²) in [6.07, 6.45) is 0. The topological polar surface area (TPSA) is 77.5 Å². The molecule has 0 spiro atoms. The Morgan fingerprint density at radius 2 is 2.12 bits per heavy atom. The molecule has 1 aromatic carbocycles. The number of aromatic nitrogens is 2. The average molecular weight is 478 g/mol. The second kappa shape index (κ2) is 9.86. The fourth-order valence-corrected chi connectivity index (χ4v) is 2.66. The van der Waals surface area contributed by atoms with Crippen LogP contribution < -0.4 is 15.8 Å². The van der Waals surface area contributed by atoms with Crippen LogP contribution in [-0.4, -0.2) is 29.4 Å². The van der Waals surface area contributed by atoms with E-state index >= 15 is 0 Å². The van der Waals surface area contributed by atoms with Crippen molar-refractivity contribution in [2.45, 2.75) is 27.3 Å². The summed E-state index contributed by atoms with van der Waals surface area (Å²) in [6, 6.07) is 7.44. The molecule has 0 aliphatic rings. The van der Waals surface area contributed by atoms with E-state index in [-0.39, 0.29) is 24.0 Å². The maximum atomic E-state index is 6.09. The summed E-state index contributed by atoms with van der Waals surface area (Å²) in [7, 11) is 1.58. The highest BCUT2D eigenvalue weighted by atomic mass is 127. The fraction of sp³-hybridized carbons (Fsp3) is 0.412. The molecule has 0 bridgehead atoms. The third-order valence-corrected chi connectivity index (χ3v) is 3.88. The number of hydrogen-bond acceptors (Lipinski definition) is 3. The van der Waals surface area contributed by atoms with Crippen LogP contribution in [-0.2, 0) is 6.54 Å². The molecule has 138 valence electrons. The number of methoxy groups -OCH3 is 1. The third-order valence-electron chi connectivity index (χ3n) is 3.59. The van der Waals surface area contributed by atoms with Crippen molar-refractivity contribution in [3.8, 4) is 5.75 Å². The number of guanidine groups is 1. The highest BCUT2D eigenvalue weighted by molar-refractivity contribution is 14.0. The lowest BCUT2D eigenvalue weighted by molar-refractivity contribution is 0.415. The molecule has 0 aliphatic heterocycles. The summed E-state index contributed by atoms with van der Waals surface area (Å²) in [4.78, 5) is 4.39. The van der Waals surface area contributed by atoms with Gasteiger partial charge in [-0.1, -0.05) is 18.5 Å². The zero-order valence-corrected chi connectivity index (χ0v) is 18.0. The highest BCUT2D eigenvalue weighted by Crippen LogP contribution is 2.27. The summed E-state index contributed by atoms with van der Waals surface area (Å²) in [5.41, 5.74) is 8.90. The monoisotopic (exact) mass is 477 g/mol. The summed E-state index contributed by atoms with van der Waals surface area (Å²) in [5, 5.41) is 8.02. The standard InChI is InChI=1S/C17H24ClN5O.HI/c1-11(10-23-13(3)7-12(2)22-23)9-20-17(19)21-14-5-6-16(24-4)15(18)8-14;/h5-8,11H,9-10H2,1-4H3,(H3,19,20,21);1H. The maximum absolute atomic E-state index is 6.09. The van der Waals surface area contributed by atoms with Crippen molar-refractivity contribution >= 4 is 47.2 Å². The number of nitrogens with one attached hydrogen (secondary N) is 1. The molecule has 1 aromatic heterocycles. The Kier molecular flexibility index (Phi) is 8.51. The molecule has 1 atom stereocenters. The Hall–Kier alpha value is -1.48. The number of nitrogens with zero attached hydrogens (tertiary/aromatic N) is 3. The van der Waals surface area contributed by atoms with E-state index in [9.17, 15) is 0 Å². The molecule has 1 heterocycles. The molecule has 0 aliphatic carbocycles.